The van der Waals surface area contributed by atoms with E-state index in [1.54, 1.807) is 14.2 Å². The van der Waals surface area contributed by atoms with E-state index in [2.05, 4.69) is 30.0 Å². The summed E-state index contributed by atoms with van der Waals surface area (Å²) in [6, 6.07) is 6.46. The van der Waals surface area contributed by atoms with Gasteiger partial charge in [0.05, 0.1) is 21.3 Å². The maximum Gasteiger partial charge on any atom is 0.305 e. The van der Waals surface area contributed by atoms with Crippen molar-refractivity contribution in [2.45, 2.75) is 31.8 Å². The molecule has 1 saturated heterocycles. The highest BCUT2D eigenvalue weighted by molar-refractivity contribution is 5.69. The first-order valence-corrected chi connectivity index (χ1v) is 9.15. The number of nitrogens with zero attached hydrogens (tertiary/aromatic N) is 2. The van der Waals surface area contributed by atoms with Crippen molar-refractivity contribution in [3.8, 4) is 11.5 Å². The summed E-state index contributed by atoms with van der Waals surface area (Å²) in [7, 11) is 9.05. The van der Waals surface area contributed by atoms with E-state index in [1.807, 2.05) is 12.1 Å². The van der Waals surface area contributed by atoms with Crippen LogP contribution in [0.15, 0.2) is 18.2 Å². The van der Waals surface area contributed by atoms with E-state index in [4.69, 9.17) is 14.2 Å². The van der Waals surface area contributed by atoms with Crippen LogP contribution < -0.4 is 9.47 Å². The lowest BCUT2D eigenvalue weighted by Crippen LogP contribution is -2.48. The third-order valence-electron chi connectivity index (χ3n) is 5.28. The molecule has 1 aliphatic rings. The van der Waals surface area contributed by atoms with Gasteiger partial charge in [0.1, 0.15) is 11.5 Å². The Bertz CT molecular complexity index is 591. The summed E-state index contributed by atoms with van der Waals surface area (Å²) < 4.78 is 15.6. The molecule has 0 aliphatic carbocycles. The second-order valence-corrected chi connectivity index (χ2v) is 7.11. The first-order valence-electron chi connectivity index (χ1n) is 9.15. The zero-order valence-electron chi connectivity index (χ0n) is 16.7. The summed E-state index contributed by atoms with van der Waals surface area (Å²) in [6.45, 7) is 2.84. The molecule has 6 heteroatoms. The van der Waals surface area contributed by atoms with Gasteiger partial charge in [0.15, 0.2) is 0 Å². The van der Waals surface area contributed by atoms with Gasteiger partial charge in [-0.25, -0.2) is 0 Å². The molecule has 0 aromatic heterocycles. The lowest BCUT2D eigenvalue weighted by atomic mass is 9.87. The molecule has 1 fully saturated rings. The number of piperidine rings is 1. The van der Waals surface area contributed by atoms with Crippen molar-refractivity contribution < 1.29 is 19.0 Å². The topological polar surface area (TPSA) is 51.2 Å². The molecule has 0 bridgehead atoms. The van der Waals surface area contributed by atoms with E-state index in [9.17, 15) is 4.79 Å². The number of esters is 1. The Morgan fingerprint density at radius 1 is 1.23 bits per heavy atom. The second kappa shape index (κ2) is 9.78. The van der Waals surface area contributed by atoms with Gasteiger partial charge in [-0.2, -0.15) is 0 Å². The van der Waals surface area contributed by atoms with Crippen LogP contribution in [0.1, 0.15) is 24.8 Å². The quantitative estimate of drug-likeness (QED) is 0.660. The highest BCUT2D eigenvalue weighted by atomic mass is 16.5. The van der Waals surface area contributed by atoms with Gasteiger partial charge in [-0.05, 0) is 45.5 Å². The van der Waals surface area contributed by atoms with E-state index >= 15 is 0 Å². The number of ether oxygens (including phenoxy) is 3. The van der Waals surface area contributed by atoms with Crippen LogP contribution in [-0.2, 0) is 16.1 Å². The highest BCUT2D eigenvalue weighted by Gasteiger charge is 2.31. The Hall–Kier alpha value is -1.79. The van der Waals surface area contributed by atoms with Crippen molar-refractivity contribution in [1.29, 1.82) is 0 Å². The minimum absolute atomic E-state index is 0.128. The standard InChI is InChI=1S/C20H32N2O4/c1-21(2)18-10-11-22(13-15(18)7-9-20(23)26-5)14-16-6-8-17(24-3)12-19(16)25-4/h6,8,12,15,18H,7,9-11,13-14H2,1-5H3/t15-,18+/m0/s1. The number of hydrogen-bond acceptors (Lipinski definition) is 6. The molecule has 0 radical (unpaired) electrons. The zero-order valence-corrected chi connectivity index (χ0v) is 16.7. The Morgan fingerprint density at radius 3 is 2.62 bits per heavy atom. The Morgan fingerprint density at radius 2 is 2.00 bits per heavy atom. The third-order valence-corrected chi connectivity index (χ3v) is 5.28. The molecule has 6 nitrogen and oxygen atoms in total. The lowest BCUT2D eigenvalue weighted by Gasteiger charge is -2.41. The normalized spacial score (nSPS) is 20.8. The number of likely N-dealkylation sites (tertiary alicyclic amines) is 1. The van der Waals surface area contributed by atoms with Crippen molar-refractivity contribution >= 4 is 5.97 Å². The Labute approximate surface area is 157 Å². The van der Waals surface area contributed by atoms with Crippen LogP contribution in [0, 0.1) is 5.92 Å². The van der Waals surface area contributed by atoms with Crippen molar-refractivity contribution in [2.75, 3.05) is 48.5 Å². The van der Waals surface area contributed by atoms with Crippen LogP contribution in [-0.4, -0.2) is 70.3 Å². The monoisotopic (exact) mass is 364 g/mol. The molecular weight excluding hydrogens is 332 g/mol. The van der Waals surface area contributed by atoms with Gasteiger partial charge in [-0.15, -0.1) is 0 Å². The Balaban J connectivity index is 2.05. The maximum atomic E-state index is 11.6. The van der Waals surface area contributed by atoms with Gasteiger partial charge in [-0.3, -0.25) is 9.69 Å². The first-order chi connectivity index (χ1) is 12.5. The van der Waals surface area contributed by atoms with Crippen LogP contribution in [0.2, 0.25) is 0 Å². The first kappa shape index (κ1) is 20.5. The predicted molar refractivity (Wildman–Crippen MR) is 102 cm³/mol. The molecule has 0 spiro atoms. The van der Waals surface area contributed by atoms with E-state index < -0.39 is 0 Å². The smallest absolute Gasteiger partial charge is 0.305 e. The maximum absolute atomic E-state index is 11.6. The van der Waals surface area contributed by atoms with E-state index in [1.165, 1.54) is 7.11 Å². The van der Waals surface area contributed by atoms with Crippen LogP contribution in [0.3, 0.4) is 0 Å². The van der Waals surface area contributed by atoms with Crippen molar-refractivity contribution in [1.82, 2.24) is 9.80 Å². The molecule has 26 heavy (non-hydrogen) atoms. The molecule has 2 atom stereocenters. The van der Waals surface area contributed by atoms with Gasteiger partial charge in [0.25, 0.3) is 0 Å². The van der Waals surface area contributed by atoms with Crippen molar-refractivity contribution in [3.63, 3.8) is 0 Å². The SMILES string of the molecule is COC(=O)CC[C@H]1CN(Cc2ccc(OC)cc2OC)CC[C@H]1N(C)C. The molecule has 1 aromatic rings. The third kappa shape index (κ3) is 5.35. The van der Waals surface area contributed by atoms with E-state index in [0.29, 0.717) is 18.4 Å². The summed E-state index contributed by atoms with van der Waals surface area (Å²) in [5.74, 6) is 1.97. The molecule has 1 aliphatic heterocycles. The molecule has 146 valence electrons. The molecule has 0 amide bonds. The van der Waals surface area contributed by atoms with Gasteiger partial charge in [0.2, 0.25) is 0 Å². The number of rotatable bonds is 8. The van der Waals surface area contributed by atoms with Crippen LogP contribution >= 0.6 is 0 Å². The highest BCUT2D eigenvalue weighted by Crippen LogP contribution is 2.29. The predicted octanol–water partition coefficient (Wildman–Crippen LogP) is 2.41. The molecule has 2 rings (SSSR count). The van der Waals surface area contributed by atoms with Crippen LogP contribution in [0.25, 0.3) is 0 Å². The molecular formula is C20H32N2O4. The fraction of sp³-hybridized carbons (Fsp3) is 0.650. The number of methoxy groups -OCH3 is 3. The van der Waals surface area contributed by atoms with Crippen LogP contribution in [0.5, 0.6) is 11.5 Å². The molecule has 1 heterocycles. The number of benzene rings is 1. The fourth-order valence-electron chi connectivity index (χ4n) is 3.83. The molecule has 0 N–H and O–H groups in total. The summed E-state index contributed by atoms with van der Waals surface area (Å²) in [6.07, 6.45) is 2.42. The summed E-state index contributed by atoms with van der Waals surface area (Å²) >= 11 is 0. The van der Waals surface area contributed by atoms with Gasteiger partial charge >= 0.3 is 5.97 Å². The summed E-state index contributed by atoms with van der Waals surface area (Å²) in [4.78, 5) is 16.3. The van der Waals surface area contributed by atoms with E-state index in [0.717, 1.165) is 49.5 Å². The summed E-state index contributed by atoms with van der Waals surface area (Å²) in [5.41, 5.74) is 1.16. The molecule has 1 aromatic carbocycles. The van der Waals surface area contributed by atoms with Crippen LogP contribution in [0.4, 0.5) is 0 Å². The largest absolute Gasteiger partial charge is 0.497 e. The molecule has 0 saturated carbocycles. The second-order valence-electron chi connectivity index (χ2n) is 7.11. The average Bonchev–Trinajstić information content (AvgIpc) is 2.66. The van der Waals surface area contributed by atoms with Gasteiger partial charge < -0.3 is 19.1 Å². The lowest BCUT2D eigenvalue weighted by molar-refractivity contribution is -0.141. The number of hydrogen-bond donors (Lipinski definition) is 0. The zero-order chi connectivity index (χ0) is 19.1. The number of carbonyl (C=O) groups is 1. The van der Waals surface area contributed by atoms with Crippen molar-refractivity contribution in [2.24, 2.45) is 5.92 Å². The number of carbonyl (C=O) groups excluding carboxylic acids is 1. The minimum atomic E-state index is -0.128. The van der Waals surface area contributed by atoms with Gasteiger partial charge in [-0.1, -0.05) is 6.07 Å². The van der Waals surface area contributed by atoms with E-state index in [-0.39, 0.29) is 5.97 Å². The Kier molecular flexibility index (Phi) is 7.72. The summed E-state index contributed by atoms with van der Waals surface area (Å²) in [5, 5.41) is 0. The van der Waals surface area contributed by atoms with Crippen molar-refractivity contribution in [3.05, 3.63) is 23.8 Å². The molecule has 0 unspecified atom stereocenters. The average molecular weight is 364 g/mol. The fourth-order valence-corrected chi connectivity index (χ4v) is 3.83. The van der Waals surface area contributed by atoms with Gasteiger partial charge in [0, 0.05) is 37.2 Å². The minimum Gasteiger partial charge on any atom is -0.497 e.